The second kappa shape index (κ2) is 5.88. The molecule has 2 rings (SSSR count). The van der Waals surface area contributed by atoms with E-state index in [1.807, 2.05) is 25.1 Å². The summed E-state index contributed by atoms with van der Waals surface area (Å²) >= 11 is 9.50. The van der Waals surface area contributed by atoms with E-state index < -0.39 is 5.60 Å². The fourth-order valence-corrected chi connectivity index (χ4v) is 2.82. The van der Waals surface area contributed by atoms with E-state index in [-0.39, 0.29) is 6.10 Å². The van der Waals surface area contributed by atoms with Crippen LogP contribution in [0.15, 0.2) is 22.7 Å². The fraction of sp³-hybridized carbons (Fsp3) is 0.538. The molecule has 1 fully saturated rings. The van der Waals surface area contributed by atoms with E-state index in [4.69, 9.17) is 16.3 Å². The van der Waals surface area contributed by atoms with Crippen molar-refractivity contribution in [1.29, 1.82) is 0 Å². The summed E-state index contributed by atoms with van der Waals surface area (Å²) < 4.78 is 6.35. The smallest absolute Gasteiger partial charge is 0.105 e. The third-order valence-electron chi connectivity index (χ3n) is 3.42. The third-order valence-corrected chi connectivity index (χ3v) is 4.27. The minimum absolute atomic E-state index is 0.120. The maximum Gasteiger partial charge on any atom is 0.105 e. The van der Waals surface area contributed by atoms with Gasteiger partial charge < -0.3 is 15.2 Å². The molecule has 0 bridgehead atoms. The van der Waals surface area contributed by atoms with E-state index in [9.17, 15) is 5.11 Å². The van der Waals surface area contributed by atoms with Gasteiger partial charge in [-0.3, -0.25) is 0 Å². The summed E-state index contributed by atoms with van der Waals surface area (Å²) in [5, 5.41) is 14.3. The monoisotopic (exact) mass is 333 g/mol. The summed E-state index contributed by atoms with van der Waals surface area (Å²) in [6.07, 6.45) is 0.556. The summed E-state index contributed by atoms with van der Waals surface area (Å²) in [5.41, 5.74) is 0.261. The van der Waals surface area contributed by atoms with Gasteiger partial charge in [0.2, 0.25) is 0 Å². The Kier molecular flexibility index (Phi) is 4.67. The van der Waals surface area contributed by atoms with E-state index in [2.05, 4.69) is 21.2 Å². The van der Waals surface area contributed by atoms with Gasteiger partial charge in [-0.25, -0.2) is 0 Å². The highest BCUT2D eigenvalue weighted by atomic mass is 79.9. The fourth-order valence-electron chi connectivity index (χ4n) is 2.08. The Labute approximate surface area is 121 Å². The Balaban J connectivity index is 1.88. The molecule has 1 aliphatic rings. The van der Waals surface area contributed by atoms with Crippen LogP contribution in [-0.4, -0.2) is 30.0 Å². The molecule has 0 amide bonds. The molecule has 0 spiro atoms. The molecule has 2 atom stereocenters. The van der Waals surface area contributed by atoms with Crippen LogP contribution in [0, 0.1) is 0 Å². The molecule has 3 nitrogen and oxygen atoms in total. The Morgan fingerprint density at radius 1 is 1.61 bits per heavy atom. The van der Waals surface area contributed by atoms with Crippen LogP contribution in [0.5, 0.6) is 0 Å². The van der Waals surface area contributed by atoms with Gasteiger partial charge in [-0.05, 0) is 24.6 Å². The van der Waals surface area contributed by atoms with E-state index >= 15 is 0 Å². The molecule has 1 aliphatic heterocycles. The minimum Gasteiger partial charge on any atom is -0.386 e. The molecule has 0 aliphatic carbocycles. The zero-order valence-electron chi connectivity index (χ0n) is 10.2. The van der Waals surface area contributed by atoms with Crippen molar-refractivity contribution in [3.63, 3.8) is 0 Å². The van der Waals surface area contributed by atoms with Gasteiger partial charge in [0, 0.05) is 35.6 Å². The van der Waals surface area contributed by atoms with Gasteiger partial charge in [0.25, 0.3) is 0 Å². The quantitative estimate of drug-likeness (QED) is 0.889. The number of aliphatic hydroxyl groups is 1. The van der Waals surface area contributed by atoms with Crippen LogP contribution in [0.25, 0.3) is 0 Å². The Morgan fingerprint density at radius 2 is 2.39 bits per heavy atom. The topological polar surface area (TPSA) is 41.5 Å². The van der Waals surface area contributed by atoms with Crippen molar-refractivity contribution in [3.8, 4) is 0 Å². The maximum atomic E-state index is 10.3. The lowest BCUT2D eigenvalue weighted by Crippen LogP contribution is -2.45. The van der Waals surface area contributed by atoms with Gasteiger partial charge >= 0.3 is 0 Å². The third kappa shape index (κ3) is 3.25. The molecule has 1 aromatic rings. The van der Waals surface area contributed by atoms with Crippen LogP contribution >= 0.6 is 27.5 Å². The summed E-state index contributed by atoms with van der Waals surface area (Å²) in [7, 11) is 0. The first-order valence-electron chi connectivity index (χ1n) is 6.00. The summed E-state index contributed by atoms with van der Waals surface area (Å²) in [6.45, 7) is 3.68. The second-order valence-corrected chi connectivity index (χ2v) is 6.03. The Morgan fingerprint density at radius 3 is 3.00 bits per heavy atom. The van der Waals surface area contributed by atoms with Gasteiger partial charge in [-0.15, -0.1) is 0 Å². The molecule has 0 saturated carbocycles. The van der Waals surface area contributed by atoms with Crippen LogP contribution in [-0.2, 0) is 11.3 Å². The zero-order chi connectivity index (χ0) is 13.2. The normalized spacial score (nSPS) is 27.7. The number of ether oxygens (including phenoxy) is 1. The summed E-state index contributed by atoms with van der Waals surface area (Å²) in [6, 6.07) is 5.80. The molecule has 100 valence electrons. The van der Waals surface area contributed by atoms with Crippen molar-refractivity contribution in [2.75, 3.05) is 13.2 Å². The SMILES string of the molecule is CC1OCCC1(O)CNCc1ccc(Br)cc1Cl. The van der Waals surface area contributed by atoms with Crippen LogP contribution in [0.3, 0.4) is 0 Å². The van der Waals surface area contributed by atoms with Gasteiger partial charge in [0.15, 0.2) is 0 Å². The minimum atomic E-state index is -0.762. The van der Waals surface area contributed by atoms with Crippen LogP contribution in [0.4, 0.5) is 0 Å². The maximum absolute atomic E-state index is 10.3. The molecule has 0 aromatic heterocycles. The molecule has 5 heteroatoms. The number of benzene rings is 1. The van der Waals surface area contributed by atoms with E-state index in [1.165, 1.54) is 0 Å². The lowest BCUT2D eigenvalue weighted by atomic mass is 9.96. The molecule has 2 N–H and O–H groups in total. The molecular formula is C13H17BrClNO2. The number of hydrogen-bond donors (Lipinski definition) is 2. The molecule has 1 saturated heterocycles. The lowest BCUT2D eigenvalue weighted by molar-refractivity contribution is -0.0262. The first-order chi connectivity index (χ1) is 8.51. The number of halogens is 2. The molecular weight excluding hydrogens is 318 g/mol. The molecule has 1 aromatic carbocycles. The largest absolute Gasteiger partial charge is 0.386 e. The predicted molar refractivity (Wildman–Crippen MR) is 75.8 cm³/mol. The first kappa shape index (κ1) is 14.3. The van der Waals surface area contributed by atoms with Gasteiger partial charge in [-0.1, -0.05) is 33.6 Å². The standard InChI is InChI=1S/C13H17BrClNO2/c1-9-13(17,4-5-18-9)8-16-7-10-2-3-11(14)6-12(10)15/h2-3,6,9,16-17H,4-5,7-8H2,1H3. The molecule has 18 heavy (non-hydrogen) atoms. The van der Waals surface area contributed by atoms with Gasteiger partial charge in [-0.2, -0.15) is 0 Å². The molecule has 2 unspecified atom stereocenters. The van der Waals surface area contributed by atoms with Gasteiger partial charge in [0.05, 0.1) is 6.10 Å². The van der Waals surface area contributed by atoms with Gasteiger partial charge in [0.1, 0.15) is 5.60 Å². The number of nitrogens with one attached hydrogen (secondary N) is 1. The molecule has 0 radical (unpaired) electrons. The predicted octanol–water partition coefficient (Wildman–Crippen LogP) is 2.73. The van der Waals surface area contributed by atoms with Crippen molar-refractivity contribution in [2.24, 2.45) is 0 Å². The van der Waals surface area contributed by atoms with E-state index in [0.717, 1.165) is 15.1 Å². The van der Waals surface area contributed by atoms with Crippen molar-refractivity contribution in [3.05, 3.63) is 33.3 Å². The lowest BCUT2D eigenvalue weighted by Gasteiger charge is -2.26. The van der Waals surface area contributed by atoms with Crippen molar-refractivity contribution >= 4 is 27.5 Å². The average molecular weight is 335 g/mol. The first-order valence-corrected chi connectivity index (χ1v) is 7.17. The van der Waals surface area contributed by atoms with Crippen LogP contribution in [0.2, 0.25) is 5.02 Å². The van der Waals surface area contributed by atoms with Crippen molar-refractivity contribution in [2.45, 2.75) is 31.6 Å². The van der Waals surface area contributed by atoms with Crippen molar-refractivity contribution < 1.29 is 9.84 Å². The van der Waals surface area contributed by atoms with E-state index in [0.29, 0.717) is 26.1 Å². The molecule has 1 heterocycles. The highest BCUT2D eigenvalue weighted by Gasteiger charge is 2.38. The van der Waals surface area contributed by atoms with Crippen molar-refractivity contribution in [1.82, 2.24) is 5.32 Å². The summed E-state index contributed by atoms with van der Waals surface area (Å²) in [5.74, 6) is 0. The average Bonchev–Trinajstić information content (AvgIpc) is 2.63. The Bertz CT molecular complexity index is 429. The van der Waals surface area contributed by atoms with Crippen LogP contribution < -0.4 is 5.32 Å². The highest BCUT2D eigenvalue weighted by molar-refractivity contribution is 9.10. The highest BCUT2D eigenvalue weighted by Crippen LogP contribution is 2.25. The number of rotatable bonds is 4. The van der Waals surface area contributed by atoms with Crippen LogP contribution in [0.1, 0.15) is 18.9 Å². The Hall–Kier alpha value is -0.130. The zero-order valence-corrected chi connectivity index (χ0v) is 12.6. The second-order valence-electron chi connectivity index (χ2n) is 4.71. The van der Waals surface area contributed by atoms with E-state index in [1.54, 1.807) is 0 Å². The number of hydrogen-bond acceptors (Lipinski definition) is 3. The summed E-state index contributed by atoms with van der Waals surface area (Å²) in [4.78, 5) is 0.